The lowest BCUT2D eigenvalue weighted by Crippen LogP contribution is -2.02. The van der Waals surface area contributed by atoms with Gasteiger partial charge in [0.1, 0.15) is 0 Å². The fourth-order valence-electron chi connectivity index (χ4n) is 2.24. The molecule has 0 rings (SSSR count). The number of rotatable bonds is 14. The molecule has 0 aliphatic heterocycles. The van der Waals surface area contributed by atoms with Crippen LogP contribution in [0.15, 0.2) is 0 Å². The maximum Gasteiger partial charge on any atom is 0.180 e. The molecular formula is C17H35NO. The Balaban J connectivity index is 2.97. The number of hydrogen-bond acceptors (Lipinski definition) is 2. The van der Waals surface area contributed by atoms with Crippen molar-refractivity contribution in [1.29, 1.82) is 5.41 Å². The molecule has 0 unspecified atom stereocenters. The zero-order chi connectivity index (χ0) is 14.2. The highest BCUT2D eigenvalue weighted by Crippen LogP contribution is 2.11. The highest BCUT2D eigenvalue weighted by molar-refractivity contribution is 5.71. The van der Waals surface area contributed by atoms with Crippen molar-refractivity contribution in [2.45, 2.75) is 97.3 Å². The summed E-state index contributed by atoms with van der Waals surface area (Å²) in [5.41, 5.74) is 0. The Labute approximate surface area is 120 Å². The first-order valence-electron chi connectivity index (χ1n) is 8.51. The van der Waals surface area contributed by atoms with E-state index in [9.17, 15) is 0 Å². The zero-order valence-electron chi connectivity index (χ0n) is 13.3. The first-order valence-corrected chi connectivity index (χ1v) is 8.51. The van der Waals surface area contributed by atoms with Gasteiger partial charge in [-0.2, -0.15) is 0 Å². The maximum absolute atomic E-state index is 7.37. The van der Waals surface area contributed by atoms with Crippen LogP contribution in [0.2, 0.25) is 0 Å². The third kappa shape index (κ3) is 15.4. The second kappa shape index (κ2) is 15.5. The maximum atomic E-state index is 7.37. The molecule has 0 saturated carbocycles. The lowest BCUT2D eigenvalue weighted by atomic mass is 10.1. The van der Waals surface area contributed by atoms with Crippen molar-refractivity contribution >= 4 is 5.90 Å². The van der Waals surface area contributed by atoms with Gasteiger partial charge in [0.15, 0.2) is 5.90 Å². The average molecular weight is 269 g/mol. The molecule has 0 aliphatic carbocycles. The second-order valence-electron chi connectivity index (χ2n) is 5.51. The summed E-state index contributed by atoms with van der Waals surface area (Å²) in [6, 6.07) is 0. The monoisotopic (exact) mass is 269 g/mol. The van der Waals surface area contributed by atoms with Gasteiger partial charge in [-0.25, -0.2) is 0 Å². The molecular weight excluding hydrogens is 234 g/mol. The van der Waals surface area contributed by atoms with Crippen molar-refractivity contribution in [2.24, 2.45) is 0 Å². The summed E-state index contributed by atoms with van der Waals surface area (Å²) in [6.45, 7) is 4.98. The fourth-order valence-corrected chi connectivity index (χ4v) is 2.24. The summed E-state index contributed by atoms with van der Waals surface area (Å²) in [4.78, 5) is 0. The largest absolute Gasteiger partial charge is 0.481 e. The van der Waals surface area contributed by atoms with Crippen molar-refractivity contribution in [3.63, 3.8) is 0 Å². The molecule has 0 aromatic heterocycles. The van der Waals surface area contributed by atoms with Crippen LogP contribution in [0.4, 0.5) is 0 Å². The summed E-state index contributed by atoms with van der Waals surface area (Å²) in [5, 5.41) is 7.37. The molecule has 0 atom stereocenters. The summed E-state index contributed by atoms with van der Waals surface area (Å²) in [6.07, 6.45) is 17.1. The third-order valence-corrected chi connectivity index (χ3v) is 3.60. The number of unbranched alkanes of at least 4 members (excludes halogenated alkanes) is 11. The molecule has 0 amide bonds. The molecule has 2 heteroatoms. The molecule has 0 bridgehead atoms. The van der Waals surface area contributed by atoms with Crippen LogP contribution in [0.1, 0.15) is 97.3 Å². The SMILES string of the molecule is CCCCCCCCCCCCCCOC(=N)CC. The predicted molar refractivity (Wildman–Crippen MR) is 85.0 cm³/mol. The number of nitrogens with one attached hydrogen (secondary N) is 1. The minimum Gasteiger partial charge on any atom is -0.481 e. The Morgan fingerprint density at radius 1 is 0.684 bits per heavy atom. The van der Waals surface area contributed by atoms with E-state index in [1.54, 1.807) is 0 Å². The van der Waals surface area contributed by atoms with Crippen LogP contribution in [0, 0.1) is 5.41 Å². The minimum absolute atomic E-state index is 0.433. The van der Waals surface area contributed by atoms with E-state index >= 15 is 0 Å². The smallest absolute Gasteiger partial charge is 0.180 e. The third-order valence-electron chi connectivity index (χ3n) is 3.60. The van der Waals surface area contributed by atoms with Gasteiger partial charge in [0, 0.05) is 6.42 Å². The van der Waals surface area contributed by atoms with Gasteiger partial charge in [0.05, 0.1) is 6.61 Å². The number of ether oxygens (including phenoxy) is 1. The van der Waals surface area contributed by atoms with E-state index in [4.69, 9.17) is 10.1 Å². The fraction of sp³-hybridized carbons (Fsp3) is 0.941. The van der Waals surface area contributed by atoms with Crippen LogP contribution in [-0.2, 0) is 4.74 Å². The van der Waals surface area contributed by atoms with Gasteiger partial charge in [0.2, 0.25) is 0 Å². The lowest BCUT2D eigenvalue weighted by molar-refractivity contribution is 0.282. The summed E-state index contributed by atoms with van der Waals surface area (Å²) in [5.74, 6) is 0.433. The first kappa shape index (κ1) is 18.5. The Hall–Kier alpha value is -0.530. The molecule has 114 valence electrons. The standard InChI is InChI=1S/C17H35NO/c1-3-5-6-7-8-9-10-11-12-13-14-15-16-19-17(18)4-2/h18H,3-16H2,1-2H3. The van der Waals surface area contributed by atoms with Crippen LogP contribution < -0.4 is 0 Å². The molecule has 0 fully saturated rings. The van der Waals surface area contributed by atoms with Gasteiger partial charge in [-0.1, -0.05) is 84.5 Å². The topological polar surface area (TPSA) is 33.1 Å². The van der Waals surface area contributed by atoms with Gasteiger partial charge >= 0.3 is 0 Å². The molecule has 0 spiro atoms. The Bertz CT molecular complexity index is 192. The van der Waals surface area contributed by atoms with E-state index < -0.39 is 0 Å². The van der Waals surface area contributed by atoms with E-state index in [1.165, 1.54) is 70.6 Å². The lowest BCUT2D eigenvalue weighted by Gasteiger charge is -2.05. The van der Waals surface area contributed by atoms with Crippen molar-refractivity contribution < 1.29 is 4.74 Å². The molecule has 0 aliphatic rings. The first-order chi connectivity index (χ1) is 9.31. The van der Waals surface area contributed by atoms with Gasteiger partial charge in [-0.15, -0.1) is 0 Å². The molecule has 0 aromatic carbocycles. The van der Waals surface area contributed by atoms with E-state index in [-0.39, 0.29) is 0 Å². The van der Waals surface area contributed by atoms with E-state index in [1.807, 2.05) is 6.92 Å². The normalized spacial score (nSPS) is 10.6. The second-order valence-corrected chi connectivity index (χ2v) is 5.51. The summed E-state index contributed by atoms with van der Waals surface area (Å²) >= 11 is 0. The molecule has 0 radical (unpaired) electrons. The van der Waals surface area contributed by atoms with Crippen LogP contribution in [0.25, 0.3) is 0 Å². The predicted octanol–water partition coefficient (Wildman–Crippen LogP) is 6.09. The van der Waals surface area contributed by atoms with Gasteiger partial charge < -0.3 is 4.74 Å². The van der Waals surface area contributed by atoms with E-state index in [0.717, 1.165) is 19.4 Å². The van der Waals surface area contributed by atoms with Crippen LogP contribution in [0.5, 0.6) is 0 Å². The minimum atomic E-state index is 0.433. The average Bonchev–Trinajstić information content (AvgIpc) is 2.43. The molecule has 2 nitrogen and oxygen atoms in total. The van der Waals surface area contributed by atoms with E-state index in [0.29, 0.717) is 5.90 Å². The molecule has 19 heavy (non-hydrogen) atoms. The van der Waals surface area contributed by atoms with Crippen molar-refractivity contribution in [2.75, 3.05) is 6.61 Å². The molecule has 0 aromatic rings. The quantitative estimate of drug-likeness (QED) is 0.231. The van der Waals surface area contributed by atoms with Crippen molar-refractivity contribution in [3.8, 4) is 0 Å². The number of hydrogen-bond donors (Lipinski definition) is 1. The molecule has 0 heterocycles. The Morgan fingerprint density at radius 2 is 1.11 bits per heavy atom. The Kier molecular flexibility index (Phi) is 15.1. The molecule has 1 N–H and O–H groups in total. The van der Waals surface area contributed by atoms with Crippen molar-refractivity contribution in [1.82, 2.24) is 0 Å². The summed E-state index contributed by atoms with van der Waals surface area (Å²) < 4.78 is 5.27. The van der Waals surface area contributed by atoms with E-state index in [2.05, 4.69) is 6.92 Å². The van der Waals surface area contributed by atoms with Crippen molar-refractivity contribution in [3.05, 3.63) is 0 Å². The molecule has 0 saturated heterocycles. The van der Waals surface area contributed by atoms with Gasteiger partial charge in [-0.3, -0.25) is 5.41 Å². The summed E-state index contributed by atoms with van der Waals surface area (Å²) in [7, 11) is 0. The van der Waals surface area contributed by atoms with Gasteiger partial charge in [-0.05, 0) is 6.42 Å². The Morgan fingerprint density at radius 3 is 1.53 bits per heavy atom. The van der Waals surface area contributed by atoms with Gasteiger partial charge in [0.25, 0.3) is 0 Å². The zero-order valence-corrected chi connectivity index (χ0v) is 13.3. The van der Waals surface area contributed by atoms with Crippen LogP contribution in [-0.4, -0.2) is 12.5 Å². The van der Waals surface area contributed by atoms with Crippen LogP contribution >= 0.6 is 0 Å². The highest BCUT2D eigenvalue weighted by Gasteiger charge is 1.95. The highest BCUT2D eigenvalue weighted by atomic mass is 16.5. The van der Waals surface area contributed by atoms with Crippen LogP contribution in [0.3, 0.4) is 0 Å².